The topological polar surface area (TPSA) is 90.8 Å². The Kier molecular flexibility index (Phi) is 5.46. The fourth-order valence-corrected chi connectivity index (χ4v) is 1.90. The standard InChI is InChI=1S/C17H17N3O3/c1-12(13-7-3-2-4-8-13)19-16(22)17(23)20-18-11-14-9-5-6-10-15(14)21/h2-12,21H,1H3,(H,19,22)(H,20,23)/b18-11+/t12-/m1/s1. The van der Waals surface area contributed by atoms with Crippen LogP contribution in [0, 0.1) is 0 Å². The highest BCUT2D eigenvalue weighted by Crippen LogP contribution is 2.12. The molecule has 2 rings (SSSR count). The predicted molar refractivity (Wildman–Crippen MR) is 86.8 cm³/mol. The van der Waals surface area contributed by atoms with Gasteiger partial charge in [0.1, 0.15) is 5.75 Å². The molecule has 0 aromatic heterocycles. The van der Waals surface area contributed by atoms with E-state index in [9.17, 15) is 14.7 Å². The molecule has 23 heavy (non-hydrogen) atoms. The highest BCUT2D eigenvalue weighted by molar-refractivity contribution is 6.35. The van der Waals surface area contributed by atoms with Crippen LogP contribution < -0.4 is 10.7 Å². The Balaban J connectivity index is 1.88. The van der Waals surface area contributed by atoms with Gasteiger partial charge in [0, 0.05) is 5.56 Å². The molecule has 6 nitrogen and oxygen atoms in total. The molecule has 0 unspecified atom stereocenters. The van der Waals surface area contributed by atoms with Crippen LogP contribution >= 0.6 is 0 Å². The number of carbonyl (C=O) groups is 2. The molecule has 0 bridgehead atoms. The van der Waals surface area contributed by atoms with Gasteiger partial charge in [-0.2, -0.15) is 5.10 Å². The molecule has 0 aliphatic rings. The largest absolute Gasteiger partial charge is 0.507 e. The van der Waals surface area contributed by atoms with Gasteiger partial charge in [-0.15, -0.1) is 0 Å². The van der Waals surface area contributed by atoms with Crippen molar-refractivity contribution >= 4 is 18.0 Å². The molecule has 0 radical (unpaired) electrons. The van der Waals surface area contributed by atoms with Gasteiger partial charge in [-0.3, -0.25) is 9.59 Å². The van der Waals surface area contributed by atoms with Gasteiger partial charge in [-0.1, -0.05) is 42.5 Å². The van der Waals surface area contributed by atoms with Crippen molar-refractivity contribution in [3.8, 4) is 5.75 Å². The molecule has 0 saturated heterocycles. The number of phenols is 1. The molecular formula is C17H17N3O3. The van der Waals surface area contributed by atoms with Gasteiger partial charge in [0.15, 0.2) is 0 Å². The molecule has 0 aliphatic heterocycles. The van der Waals surface area contributed by atoms with Crippen LogP contribution in [0.3, 0.4) is 0 Å². The van der Waals surface area contributed by atoms with E-state index in [0.29, 0.717) is 5.56 Å². The number of nitrogens with one attached hydrogen (secondary N) is 2. The van der Waals surface area contributed by atoms with Gasteiger partial charge in [-0.05, 0) is 24.6 Å². The summed E-state index contributed by atoms with van der Waals surface area (Å²) in [4.78, 5) is 23.5. The summed E-state index contributed by atoms with van der Waals surface area (Å²) in [6.07, 6.45) is 1.27. The maximum atomic E-state index is 11.8. The Morgan fingerprint density at radius 3 is 2.39 bits per heavy atom. The van der Waals surface area contributed by atoms with Gasteiger partial charge in [-0.25, -0.2) is 5.43 Å². The Bertz CT molecular complexity index is 714. The van der Waals surface area contributed by atoms with Crippen molar-refractivity contribution in [1.29, 1.82) is 0 Å². The highest BCUT2D eigenvalue weighted by atomic mass is 16.3. The van der Waals surface area contributed by atoms with Crippen LogP contribution in [0.1, 0.15) is 24.1 Å². The molecule has 2 amide bonds. The fraction of sp³-hybridized carbons (Fsp3) is 0.118. The second-order valence-corrected chi connectivity index (χ2v) is 4.86. The number of phenolic OH excluding ortho intramolecular Hbond substituents is 1. The zero-order valence-corrected chi connectivity index (χ0v) is 12.6. The molecule has 0 heterocycles. The van der Waals surface area contributed by atoms with Crippen molar-refractivity contribution in [2.45, 2.75) is 13.0 Å². The predicted octanol–water partition coefficient (Wildman–Crippen LogP) is 1.72. The van der Waals surface area contributed by atoms with Crippen LogP contribution in [0.5, 0.6) is 5.75 Å². The van der Waals surface area contributed by atoms with E-state index in [0.717, 1.165) is 5.56 Å². The first-order valence-electron chi connectivity index (χ1n) is 7.05. The molecule has 6 heteroatoms. The maximum absolute atomic E-state index is 11.8. The lowest BCUT2D eigenvalue weighted by atomic mass is 10.1. The number of amides is 2. The summed E-state index contributed by atoms with van der Waals surface area (Å²) in [5, 5.41) is 15.8. The molecule has 1 atom stereocenters. The summed E-state index contributed by atoms with van der Waals surface area (Å²) in [6, 6.07) is 15.5. The quantitative estimate of drug-likeness (QED) is 0.456. The number of aromatic hydroxyl groups is 1. The summed E-state index contributed by atoms with van der Waals surface area (Å²) in [7, 11) is 0. The number of nitrogens with zero attached hydrogens (tertiary/aromatic N) is 1. The number of rotatable bonds is 4. The van der Waals surface area contributed by atoms with Crippen LogP contribution in [0.4, 0.5) is 0 Å². The summed E-state index contributed by atoms with van der Waals surface area (Å²) < 4.78 is 0. The average molecular weight is 311 g/mol. The first kappa shape index (κ1) is 16.2. The number of carbonyl (C=O) groups excluding carboxylic acids is 2. The molecule has 2 aromatic rings. The number of hydrogen-bond acceptors (Lipinski definition) is 4. The van der Waals surface area contributed by atoms with E-state index in [1.807, 2.05) is 30.3 Å². The van der Waals surface area contributed by atoms with Crippen molar-refractivity contribution in [3.05, 3.63) is 65.7 Å². The van der Waals surface area contributed by atoms with E-state index in [1.54, 1.807) is 25.1 Å². The lowest BCUT2D eigenvalue weighted by Crippen LogP contribution is -2.39. The number of benzene rings is 2. The monoisotopic (exact) mass is 311 g/mol. The van der Waals surface area contributed by atoms with Crippen molar-refractivity contribution in [2.24, 2.45) is 5.10 Å². The van der Waals surface area contributed by atoms with Crippen LogP contribution in [-0.4, -0.2) is 23.1 Å². The van der Waals surface area contributed by atoms with Crippen LogP contribution in [0.15, 0.2) is 59.7 Å². The smallest absolute Gasteiger partial charge is 0.329 e. The lowest BCUT2D eigenvalue weighted by molar-refractivity contribution is -0.139. The first-order valence-corrected chi connectivity index (χ1v) is 7.05. The van der Waals surface area contributed by atoms with Gasteiger partial charge in [0.2, 0.25) is 0 Å². The minimum Gasteiger partial charge on any atom is -0.507 e. The Hall–Kier alpha value is -3.15. The molecule has 3 N–H and O–H groups in total. The van der Waals surface area contributed by atoms with E-state index in [2.05, 4.69) is 15.8 Å². The highest BCUT2D eigenvalue weighted by Gasteiger charge is 2.16. The molecule has 2 aromatic carbocycles. The van der Waals surface area contributed by atoms with Crippen molar-refractivity contribution in [1.82, 2.24) is 10.7 Å². The fourth-order valence-electron chi connectivity index (χ4n) is 1.90. The summed E-state index contributed by atoms with van der Waals surface area (Å²) in [6.45, 7) is 1.78. The third-order valence-corrected chi connectivity index (χ3v) is 3.16. The Labute approximate surface area is 133 Å². The maximum Gasteiger partial charge on any atom is 0.329 e. The molecular weight excluding hydrogens is 294 g/mol. The van der Waals surface area contributed by atoms with Gasteiger partial charge in [0.25, 0.3) is 0 Å². The van der Waals surface area contributed by atoms with Crippen LogP contribution in [0.2, 0.25) is 0 Å². The molecule has 0 fully saturated rings. The van der Waals surface area contributed by atoms with Gasteiger partial charge < -0.3 is 10.4 Å². The minimum absolute atomic E-state index is 0.0349. The van der Waals surface area contributed by atoms with Crippen molar-refractivity contribution in [2.75, 3.05) is 0 Å². The van der Waals surface area contributed by atoms with E-state index >= 15 is 0 Å². The minimum atomic E-state index is -0.876. The summed E-state index contributed by atoms with van der Waals surface area (Å²) >= 11 is 0. The lowest BCUT2D eigenvalue weighted by Gasteiger charge is -2.13. The molecule has 0 saturated carbocycles. The first-order chi connectivity index (χ1) is 11.1. The van der Waals surface area contributed by atoms with Crippen LogP contribution in [-0.2, 0) is 9.59 Å². The Morgan fingerprint density at radius 1 is 1.04 bits per heavy atom. The van der Waals surface area contributed by atoms with E-state index < -0.39 is 11.8 Å². The second-order valence-electron chi connectivity index (χ2n) is 4.86. The summed E-state index contributed by atoms with van der Waals surface area (Å²) in [5.74, 6) is -1.62. The second kappa shape index (κ2) is 7.74. The van der Waals surface area contributed by atoms with Gasteiger partial charge in [0.05, 0.1) is 12.3 Å². The zero-order valence-electron chi connectivity index (χ0n) is 12.6. The number of hydrogen-bond donors (Lipinski definition) is 3. The zero-order chi connectivity index (χ0) is 16.7. The molecule has 0 aliphatic carbocycles. The Morgan fingerprint density at radius 2 is 1.70 bits per heavy atom. The third kappa shape index (κ3) is 4.67. The summed E-state index contributed by atoms with van der Waals surface area (Å²) in [5.41, 5.74) is 3.45. The van der Waals surface area contributed by atoms with Crippen LogP contribution in [0.25, 0.3) is 0 Å². The average Bonchev–Trinajstić information content (AvgIpc) is 2.57. The molecule has 118 valence electrons. The van der Waals surface area contributed by atoms with Crippen molar-refractivity contribution in [3.63, 3.8) is 0 Å². The molecule has 0 spiro atoms. The SMILES string of the molecule is C[C@@H](NC(=O)C(=O)N/N=C/c1ccccc1O)c1ccccc1. The number of para-hydroxylation sites is 1. The van der Waals surface area contributed by atoms with E-state index in [-0.39, 0.29) is 11.8 Å². The normalized spacial score (nSPS) is 11.9. The number of hydrazone groups is 1. The van der Waals surface area contributed by atoms with Crippen molar-refractivity contribution < 1.29 is 14.7 Å². The van der Waals surface area contributed by atoms with E-state index in [4.69, 9.17) is 0 Å². The third-order valence-electron chi connectivity index (χ3n) is 3.16. The van der Waals surface area contributed by atoms with Gasteiger partial charge >= 0.3 is 11.8 Å². The van der Waals surface area contributed by atoms with E-state index in [1.165, 1.54) is 12.3 Å².